The molecule has 2 rings (SSSR count). The van der Waals surface area contributed by atoms with Crippen LogP contribution >= 0.6 is 0 Å². The van der Waals surface area contributed by atoms with Crippen molar-refractivity contribution in [2.24, 2.45) is 0 Å². The number of carbonyl (C=O) groups is 1. The Bertz CT molecular complexity index is 733. The molecule has 3 nitrogen and oxygen atoms in total. The first-order chi connectivity index (χ1) is 11.5. The summed E-state index contributed by atoms with van der Waals surface area (Å²) in [6.07, 6.45) is 0. The topological polar surface area (TPSA) is 40.5 Å². The van der Waals surface area contributed by atoms with E-state index in [1.54, 1.807) is 6.07 Å². The smallest absolute Gasteiger partial charge is 0.336 e. The van der Waals surface area contributed by atoms with E-state index in [9.17, 15) is 9.90 Å². The molecular weight excluding hydrogens is 342 g/mol. The molecule has 0 spiro atoms. The Hall–Kier alpha value is -1.70. The predicted octanol–water partition coefficient (Wildman–Crippen LogP) is 5.52. The molecule has 0 fully saturated rings. The van der Waals surface area contributed by atoms with E-state index in [0.717, 1.165) is 23.2 Å². The maximum absolute atomic E-state index is 11.8. The third kappa shape index (κ3) is 4.68. The Morgan fingerprint density at radius 2 is 1.44 bits per heavy atom. The highest BCUT2D eigenvalue weighted by Crippen LogP contribution is 2.31. The number of hydrogen-bond donors (Lipinski definition) is 1. The van der Waals surface area contributed by atoms with Gasteiger partial charge in [-0.2, -0.15) is 0 Å². The van der Waals surface area contributed by atoms with Crippen molar-refractivity contribution in [3.8, 4) is 11.1 Å². The van der Waals surface area contributed by atoms with E-state index in [2.05, 4.69) is 49.6 Å². The number of carboxylic acids is 1. The minimum Gasteiger partial charge on any atom is -0.478 e. The lowest BCUT2D eigenvalue weighted by atomic mass is 9.94. The molecule has 0 amide bonds. The minimum absolute atomic E-state index is 0.384. The summed E-state index contributed by atoms with van der Waals surface area (Å²) < 4.78 is 2.69. The van der Waals surface area contributed by atoms with Crippen molar-refractivity contribution >= 4 is 22.4 Å². The lowest BCUT2D eigenvalue weighted by Gasteiger charge is -2.44. The first kappa shape index (κ1) is 19.6. The van der Waals surface area contributed by atoms with Gasteiger partial charge in [-0.25, -0.2) is 4.79 Å². The van der Waals surface area contributed by atoms with Crippen molar-refractivity contribution in [1.29, 1.82) is 0 Å². The lowest BCUT2D eigenvalue weighted by Crippen LogP contribution is -2.58. The molecule has 0 radical (unpaired) electrons. The highest BCUT2D eigenvalue weighted by Gasteiger charge is 2.35. The largest absolute Gasteiger partial charge is 0.478 e. The fourth-order valence-electron chi connectivity index (χ4n) is 3.51. The van der Waals surface area contributed by atoms with Gasteiger partial charge in [0.25, 0.3) is 0 Å². The maximum atomic E-state index is 11.8. The molecule has 0 unspecified atom stereocenters. The summed E-state index contributed by atoms with van der Waals surface area (Å²) in [5.41, 5.74) is 3.32. The second-order valence-corrected chi connectivity index (χ2v) is 18.6. The number of rotatable bonds is 6. The van der Waals surface area contributed by atoms with Gasteiger partial charge in [0.05, 0.1) is 5.56 Å². The van der Waals surface area contributed by atoms with Gasteiger partial charge in [-0.15, -0.1) is 0 Å². The van der Waals surface area contributed by atoms with E-state index in [1.165, 1.54) is 0 Å². The van der Waals surface area contributed by atoms with Crippen molar-refractivity contribution in [2.75, 3.05) is 0 Å². The van der Waals surface area contributed by atoms with Gasteiger partial charge in [0.2, 0.25) is 0 Å². The summed E-state index contributed by atoms with van der Waals surface area (Å²) >= 11 is 0. The van der Waals surface area contributed by atoms with E-state index in [-0.39, 0.29) is 0 Å². The Balaban J connectivity index is 2.62. The van der Waals surface area contributed by atoms with Crippen LogP contribution in [0.4, 0.5) is 0 Å². The lowest BCUT2D eigenvalue weighted by molar-refractivity contribution is 0.0697. The maximum Gasteiger partial charge on any atom is 0.336 e. The molecule has 25 heavy (non-hydrogen) atoms. The van der Waals surface area contributed by atoms with Gasteiger partial charge in [0, 0.05) is 12.1 Å². The van der Waals surface area contributed by atoms with Gasteiger partial charge in [-0.1, -0.05) is 81.7 Å². The van der Waals surface area contributed by atoms with Crippen LogP contribution in [0.15, 0.2) is 48.5 Å². The Morgan fingerprint density at radius 1 is 0.880 bits per heavy atom. The Kier molecular flexibility index (Phi) is 5.71. The molecule has 0 saturated heterocycles. The van der Waals surface area contributed by atoms with Gasteiger partial charge in [0.15, 0.2) is 0 Å². The van der Waals surface area contributed by atoms with E-state index in [1.807, 2.05) is 36.4 Å². The summed E-state index contributed by atoms with van der Waals surface area (Å²) in [6, 6.07) is 15.6. The Morgan fingerprint density at radius 3 is 1.92 bits per heavy atom. The molecule has 0 aliphatic rings. The van der Waals surface area contributed by atoms with Crippen LogP contribution in [0, 0.1) is 0 Å². The van der Waals surface area contributed by atoms with Crippen molar-refractivity contribution < 1.29 is 9.90 Å². The minimum atomic E-state index is -1.53. The molecule has 0 aliphatic carbocycles. The number of benzene rings is 2. The molecule has 1 N–H and O–H groups in total. The van der Waals surface area contributed by atoms with E-state index in [4.69, 9.17) is 0 Å². The monoisotopic (exact) mass is 371 g/mol. The summed E-state index contributed by atoms with van der Waals surface area (Å²) in [5, 5.41) is 9.71. The normalized spacial score (nSPS) is 12.4. The number of carboxylic acid groups (broad SMARTS) is 1. The van der Waals surface area contributed by atoms with E-state index >= 15 is 0 Å². The molecule has 0 aromatic heterocycles. The average Bonchev–Trinajstić information content (AvgIpc) is 2.50. The highest BCUT2D eigenvalue weighted by atomic mass is 28.4. The standard InChI is InChI=1S/C20H29NO2Si2/c1-24(2,3)21(25(4,5)6)15-17-13-10-14-18(20(22)23)19(17)16-11-8-7-9-12-16/h7-14H,15H2,1-6H3,(H,22,23). The molecule has 0 aliphatic heterocycles. The van der Waals surface area contributed by atoms with Gasteiger partial charge in [0.1, 0.15) is 16.5 Å². The van der Waals surface area contributed by atoms with Crippen molar-refractivity contribution in [1.82, 2.24) is 4.23 Å². The van der Waals surface area contributed by atoms with Crippen LogP contribution in [0.2, 0.25) is 39.3 Å². The first-order valence-electron chi connectivity index (χ1n) is 8.70. The molecule has 0 bridgehead atoms. The van der Waals surface area contributed by atoms with E-state index < -0.39 is 22.4 Å². The van der Waals surface area contributed by atoms with Crippen LogP contribution in [0.5, 0.6) is 0 Å². The van der Waals surface area contributed by atoms with Crippen LogP contribution in [0.3, 0.4) is 0 Å². The second-order valence-electron chi connectivity index (χ2n) is 8.44. The third-order valence-corrected chi connectivity index (χ3v) is 12.0. The highest BCUT2D eigenvalue weighted by molar-refractivity contribution is 6.89. The fourth-order valence-corrected chi connectivity index (χ4v) is 12.8. The molecule has 0 atom stereocenters. The zero-order chi connectivity index (χ0) is 18.8. The molecule has 2 aromatic carbocycles. The second kappa shape index (κ2) is 7.27. The molecule has 5 heteroatoms. The van der Waals surface area contributed by atoms with Crippen LogP contribution in [0.1, 0.15) is 15.9 Å². The average molecular weight is 372 g/mol. The molecule has 0 saturated carbocycles. The van der Waals surface area contributed by atoms with Crippen LogP contribution in [-0.4, -0.2) is 31.8 Å². The Labute approximate surface area is 153 Å². The summed E-state index contributed by atoms with van der Waals surface area (Å²) in [7, 11) is -3.05. The van der Waals surface area contributed by atoms with Crippen molar-refractivity contribution in [3.05, 3.63) is 59.7 Å². The quantitative estimate of drug-likeness (QED) is 0.679. The summed E-state index contributed by atoms with van der Waals surface area (Å²) in [4.78, 5) is 11.8. The molecule has 134 valence electrons. The van der Waals surface area contributed by atoms with E-state index in [0.29, 0.717) is 5.56 Å². The summed E-state index contributed by atoms with van der Waals surface area (Å²) in [5.74, 6) is -0.867. The SMILES string of the molecule is C[Si](C)(C)N(Cc1cccc(C(=O)O)c1-c1ccccc1)[Si](C)(C)C. The molecular formula is C20H29NO2Si2. The number of hydrogen-bond acceptors (Lipinski definition) is 2. The molecule has 2 aromatic rings. The zero-order valence-corrected chi connectivity index (χ0v) is 18.1. The fraction of sp³-hybridized carbons (Fsp3) is 0.350. The first-order valence-corrected chi connectivity index (χ1v) is 15.6. The number of nitrogens with zero attached hydrogens (tertiary/aromatic N) is 1. The van der Waals surface area contributed by atoms with Crippen LogP contribution in [0.25, 0.3) is 11.1 Å². The van der Waals surface area contributed by atoms with Gasteiger partial charge in [-0.3, -0.25) is 0 Å². The number of aromatic carboxylic acids is 1. The molecule has 0 heterocycles. The zero-order valence-electron chi connectivity index (χ0n) is 16.1. The van der Waals surface area contributed by atoms with Gasteiger partial charge >= 0.3 is 5.97 Å². The van der Waals surface area contributed by atoms with Gasteiger partial charge < -0.3 is 9.34 Å². The van der Waals surface area contributed by atoms with Crippen LogP contribution < -0.4 is 0 Å². The van der Waals surface area contributed by atoms with Crippen molar-refractivity contribution in [3.63, 3.8) is 0 Å². The third-order valence-electron chi connectivity index (χ3n) is 4.39. The van der Waals surface area contributed by atoms with Crippen molar-refractivity contribution in [2.45, 2.75) is 45.8 Å². The van der Waals surface area contributed by atoms with Gasteiger partial charge in [-0.05, 0) is 17.2 Å². The predicted molar refractivity (Wildman–Crippen MR) is 111 cm³/mol. The summed E-state index contributed by atoms with van der Waals surface area (Å²) in [6.45, 7) is 15.0. The van der Waals surface area contributed by atoms with Crippen LogP contribution in [-0.2, 0) is 6.54 Å².